The second kappa shape index (κ2) is 5.44. The molecular weight excluding hydrogens is 350 g/mol. The Bertz CT molecular complexity index is 1160. The zero-order valence-corrected chi connectivity index (χ0v) is 15.3. The van der Waals surface area contributed by atoms with E-state index in [0.29, 0.717) is 5.56 Å². The number of hydrogen-bond donors (Lipinski definition) is 1. The lowest BCUT2D eigenvalue weighted by Gasteiger charge is -2.42. The van der Waals surface area contributed by atoms with Gasteiger partial charge in [-0.25, -0.2) is 0 Å². The molecule has 7 rings (SSSR count). The number of aromatic hydroxyl groups is 1. The summed E-state index contributed by atoms with van der Waals surface area (Å²) in [6, 6.07) is 18.3. The largest absolute Gasteiger partial charge is 0.502 e. The van der Waals surface area contributed by atoms with Crippen LogP contribution in [-0.2, 0) is 6.42 Å². The lowest BCUT2D eigenvalue weighted by molar-refractivity contribution is -0.386. The summed E-state index contributed by atoms with van der Waals surface area (Å²) >= 11 is 0. The summed E-state index contributed by atoms with van der Waals surface area (Å²) in [7, 11) is 0. The van der Waals surface area contributed by atoms with E-state index < -0.39 is 4.92 Å². The molecule has 0 aliphatic heterocycles. The third kappa shape index (κ3) is 2.06. The Morgan fingerprint density at radius 1 is 0.893 bits per heavy atom. The zero-order chi connectivity index (χ0) is 19.0. The lowest BCUT2D eigenvalue weighted by Crippen LogP contribution is -2.28. The van der Waals surface area contributed by atoms with Crippen molar-refractivity contribution in [2.75, 3.05) is 0 Å². The van der Waals surface area contributed by atoms with Gasteiger partial charge in [0, 0.05) is 23.5 Å². The van der Waals surface area contributed by atoms with Crippen molar-refractivity contribution in [3.05, 3.63) is 104 Å². The Morgan fingerprint density at radius 3 is 2.29 bits per heavy atom. The SMILES string of the molecule is O=[N+]([O-])c1ccc2c(c1O)C1c3ccccc3C2c2cc(CC3CC3)ccc21. The van der Waals surface area contributed by atoms with Gasteiger partial charge in [0.2, 0.25) is 0 Å². The van der Waals surface area contributed by atoms with Crippen LogP contribution in [0.15, 0.2) is 54.6 Å². The molecule has 0 amide bonds. The Balaban J connectivity index is 1.61. The fourth-order valence-corrected chi connectivity index (χ4v) is 5.25. The molecule has 3 aromatic carbocycles. The van der Waals surface area contributed by atoms with Crippen molar-refractivity contribution in [3.8, 4) is 5.75 Å². The van der Waals surface area contributed by atoms with E-state index in [4.69, 9.17) is 0 Å². The van der Waals surface area contributed by atoms with E-state index in [0.717, 1.165) is 23.5 Å². The number of hydrogen-bond acceptors (Lipinski definition) is 3. The molecule has 1 saturated carbocycles. The van der Waals surface area contributed by atoms with Crippen molar-refractivity contribution >= 4 is 5.69 Å². The number of nitro benzene ring substituents is 1. The Labute approximate surface area is 162 Å². The highest BCUT2D eigenvalue weighted by atomic mass is 16.6. The van der Waals surface area contributed by atoms with E-state index in [9.17, 15) is 15.2 Å². The highest BCUT2D eigenvalue weighted by molar-refractivity contribution is 5.73. The van der Waals surface area contributed by atoms with Crippen molar-refractivity contribution in [2.45, 2.75) is 31.1 Å². The van der Waals surface area contributed by atoms with Crippen LogP contribution in [0.25, 0.3) is 0 Å². The molecule has 3 aromatic rings. The fourth-order valence-electron chi connectivity index (χ4n) is 5.25. The highest BCUT2D eigenvalue weighted by Crippen LogP contribution is 2.59. The quantitative estimate of drug-likeness (QED) is 0.349. The van der Waals surface area contributed by atoms with Gasteiger partial charge >= 0.3 is 5.69 Å². The molecule has 0 heterocycles. The van der Waals surface area contributed by atoms with Crippen molar-refractivity contribution in [3.63, 3.8) is 0 Å². The Kier molecular flexibility index (Phi) is 3.09. The molecule has 0 radical (unpaired) electrons. The molecule has 28 heavy (non-hydrogen) atoms. The van der Waals surface area contributed by atoms with Crippen LogP contribution in [0, 0.1) is 16.0 Å². The first-order valence-electron chi connectivity index (χ1n) is 9.85. The van der Waals surface area contributed by atoms with Gasteiger partial charge in [-0.2, -0.15) is 0 Å². The second-order valence-electron chi connectivity index (χ2n) is 8.30. The third-order valence-corrected chi connectivity index (χ3v) is 6.64. The number of nitro groups is 1. The number of phenolic OH excluding ortho intramolecular Hbond substituents is 1. The van der Waals surface area contributed by atoms with Crippen LogP contribution < -0.4 is 0 Å². The van der Waals surface area contributed by atoms with E-state index in [1.807, 2.05) is 12.1 Å². The van der Waals surface area contributed by atoms with Gasteiger partial charge in [-0.15, -0.1) is 0 Å². The van der Waals surface area contributed by atoms with Gasteiger partial charge < -0.3 is 5.11 Å². The maximum Gasteiger partial charge on any atom is 0.311 e. The second-order valence-corrected chi connectivity index (χ2v) is 8.30. The van der Waals surface area contributed by atoms with E-state index >= 15 is 0 Å². The zero-order valence-electron chi connectivity index (χ0n) is 15.3. The molecule has 4 heteroatoms. The van der Waals surface area contributed by atoms with Gasteiger partial charge in [-0.05, 0) is 58.6 Å². The predicted molar refractivity (Wildman–Crippen MR) is 106 cm³/mol. The Hall–Kier alpha value is -3.14. The van der Waals surface area contributed by atoms with Gasteiger partial charge in [0.25, 0.3) is 0 Å². The first-order valence-corrected chi connectivity index (χ1v) is 9.85. The number of phenols is 1. The predicted octanol–water partition coefficient (Wildman–Crippen LogP) is 5.24. The maximum atomic E-state index is 11.4. The van der Waals surface area contributed by atoms with Crippen LogP contribution in [-0.4, -0.2) is 10.0 Å². The average molecular weight is 369 g/mol. The maximum absolute atomic E-state index is 11.4. The van der Waals surface area contributed by atoms with Gasteiger partial charge in [0.15, 0.2) is 5.75 Å². The van der Waals surface area contributed by atoms with E-state index in [1.165, 1.54) is 41.2 Å². The topological polar surface area (TPSA) is 63.4 Å². The van der Waals surface area contributed by atoms with Crippen LogP contribution in [0.5, 0.6) is 5.75 Å². The number of nitrogens with zero attached hydrogens (tertiary/aromatic N) is 1. The fraction of sp³-hybridized carbons (Fsp3) is 0.250. The standard InChI is InChI=1S/C24H19NO3/c26-24-20(25(27)28)10-9-18-21-15-3-1-2-4-16(15)22(23(18)24)17-8-7-14(12-19(17)21)11-13-5-6-13/h1-4,7-10,12-13,21-22,26H,5-6,11H2. The molecule has 0 saturated heterocycles. The van der Waals surface area contributed by atoms with Crippen LogP contribution in [0.1, 0.15) is 63.6 Å². The van der Waals surface area contributed by atoms with Crippen LogP contribution in [0.4, 0.5) is 5.69 Å². The normalized spacial score (nSPS) is 21.0. The molecular formula is C24H19NO3. The number of rotatable bonds is 3. The monoisotopic (exact) mass is 369 g/mol. The van der Waals surface area contributed by atoms with Crippen molar-refractivity contribution in [2.24, 2.45) is 5.92 Å². The minimum atomic E-state index is -0.497. The van der Waals surface area contributed by atoms with Crippen LogP contribution >= 0.6 is 0 Å². The summed E-state index contributed by atoms with van der Waals surface area (Å²) in [5, 5.41) is 22.2. The molecule has 2 atom stereocenters. The van der Waals surface area contributed by atoms with E-state index in [-0.39, 0.29) is 23.3 Å². The summed E-state index contributed by atoms with van der Waals surface area (Å²) in [6.45, 7) is 0. The molecule has 4 aliphatic carbocycles. The number of benzene rings is 3. The Morgan fingerprint density at radius 2 is 1.57 bits per heavy atom. The molecule has 4 nitrogen and oxygen atoms in total. The van der Waals surface area contributed by atoms with E-state index in [2.05, 4.69) is 36.4 Å². The summed E-state index contributed by atoms with van der Waals surface area (Å²) in [5.74, 6) is 0.517. The summed E-state index contributed by atoms with van der Waals surface area (Å²) in [5.41, 5.74) is 7.74. The van der Waals surface area contributed by atoms with Crippen LogP contribution in [0.2, 0.25) is 0 Å². The smallest absolute Gasteiger partial charge is 0.311 e. The van der Waals surface area contributed by atoms with Crippen molar-refractivity contribution in [1.29, 1.82) is 0 Å². The molecule has 2 bridgehead atoms. The highest BCUT2D eigenvalue weighted by Gasteiger charge is 2.44. The van der Waals surface area contributed by atoms with Gasteiger partial charge in [0.05, 0.1) is 4.92 Å². The first-order chi connectivity index (χ1) is 13.6. The third-order valence-electron chi connectivity index (χ3n) is 6.64. The molecule has 2 unspecified atom stereocenters. The van der Waals surface area contributed by atoms with Gasteiger partial charge in [-0.3, -0.25) is 10.1 Å². The molecule has 4 aliphatic rings. The van der Waals surface area contributed by atoms with Gasteiger partial charge in [0.1, 0.15) is 0 Å². The lowest BCUT2D eigenvalue weighted by atomic mass is 9.60. The van der Waals surface area contributed by atoms with Gasteiger partial charge in [-0.1, -0.05) is 48.5 Å². The van der Waals surface area contributed by atoms with E-state index in [1.54, 1.807) is 0 Å². The molecule has 0 aromatic heterocycles. The summed E-state index contributed by atoms with van der Waals surface area (Å²) in [4.78, 5) is 10.9. The minimum absolute atomic E-state index is 0.0251. The molecule has 138 valence electrons. The summed E-state index contributed by atoms with van der Waals surface area (Å²) in [6.07, 6.45) is 3.78. The first kappa shape index (κ1) is 15.9. The minimum Gasteiger partial charge on any atom is -0.502 e. The van der Waals surface area contributed by atoms with Crippen molar-refractivity contribution < 1.29 is 10.0 Å². The van der Waals surface area contributed by atoms with Crippen LogP contribution in [0.3, 0.4) is 0 Å². The molecule has 1 fully saturated rings. The van der Waals surface area contributed by atoms with Crippen molar-refractivity contribution in [1.82, 2.24) is 0 Å². The molecule has 1 N–H and O–H groups in total. The average Bonchev–Trinajstić information content (AvgIpc) is 3.51. The summed E-state index contributed by atoms with van der Waals surface area (Å²) < 4.78 is 0. The molecule has 0 spiro atoms.